The van der Waals surface area contributed by atoms with Crippen LogP contribution >= 0.6 is 0 Å². The average Bonchev–Trinajstić information content (AvgIpc) is 3.57. The minimum atomic E-state index is 0.0853. The molecule has 1 nitrogen and oxygen atoms in total. The minimum Gasteiger partial charge on any atom is -0.198 e. The fraction of sp³-hybridized carbons (Fsp3) is 0.731. The molecule has 0 N–H and O–H groups in total. The van der Waals surface area contributed by atoms with Crippen LogP contribution in [0, 0.1) is 36.0 Å². The van der Waals surface area contributed by atoms with E-state index in [-0.39, 0.29) is 5.41 Å². The van der Waals surface area contributed by atoms with Crippen LogP contribution in [0.1, 0.15) is 106 Å². The first-order valence-corrected chi connectivity index (χ1v) is 11.5. The van der Waals surface area contributed by atoms with Gasteiger partial charge in [-0.1, -0.05) is 44.7 Å². The Balaban J connectivity index is 1.43. The molecule has 27 heavy (non-hydrogen) atoms. The quantitative estimate of drug-likeness (QED) is 0.350. The highest BCUT2D eigenvalue weighted by atomic mass is 14.5. The van der Waals surface area contributed by atoms with Crippen LogP contribution in [-0.2, 0) is 12.8 Å². The van der Waals surface area contributed by atoms with Gasteiger partial charge in [0.15, 0.2) is 0 Å². The molecule has 0 aromatic heterocycles. The smallest absolute Gasteiger partial charge is 0.0689 e. The standard InChI is InChI=1S/C26H39N/c1-21-12-13-22(2)24(11-7-5-9-15-26(20-27)18-19-26)23(21)10-6-4-8-14-25(3)16-17-25/h12-13H,4-11,14-19H2,1-3H3. The number of benzene rings is 1. The van der Waals surface area contributed by atoms with E-state index in [2.05, 4.69) is 39.0 Å². The lowest BCUT2D eigenvalue weighted by Gasteiger charge is -2.16. The summed E-state index contributed by atoms with van der Waals surface area (Å²) in [5.41, 5.74) is 7.05. The Hall–Kier alpha value is -1.29. The largest absolute Gasteiger partial charge is 0.198 e. The summed E-state index contributed by atoms with van der Waals surface area (Å²) in [6.45, 7) is 7.05. The Morgan fingerprint density at radius 3 is 1.74 bits per heavy atom. The summed E-state index contributed by atoms with van der Waals surface area (Å²) in [6, 6.07) is 7.17. The van der Waals surface area contributed by atoms with E-state index in [0.29, 0.717) is 0 Å². The monoisotopic (exact) mass is 365 g/mol. The summed E-state index contributed by atoms with van der Waals surface area (Å²) >= 11 is 0. The third-order valence-electron chi connectivity index (χ3n) is 7.38. The molecule has 0 bridgehead atoms. The molecule has 2 aliphatic rings. The van der Waals surface area contributed by atoms with E-state index in [4.69, 9.17) is 0 Å². The van der Waals surface area contributed by atoms with E-state index < -0.39 is 0 Å². The lowest BCUT2D eigenvalue weighted by molar-refractivity contribution is 0.475. The number of nitriles is 1. The fourth-order valence-electron chi connectivity index (χ4n) is 4.63. The van der Waals surface area contributed by atoms with Crippen LogP contribution < -0.4 is 0 Å². The molecule has 0 unspecified atom stereocenters. The predicted octanol–water partition coefficient (Wildman–Crippen LogP) is 7.61. The second-order valence-corrected chi connectivity index (χ2v) is 9.98. The van der Waals surface area contributed by atoms with Gasteiger partial charge in [-0.15, -0.1) is 0 Å². The second-order valence-electron chi connectivity index (χ2n) is 9.98. The van der Waals surface area contributed by atoms with Gasteiger partial charge in [0.1, 0.15) is 0 Å². The Bertz CT molecular complexity index is 670. The van der Waals surface area contributed by atoms with Gasteiger partial charge in [0.05, 0.1) is 11.5 Å². The van der Waals surface area contributed by atoms with Crippen LogP contribution in [0.2, 0.25) is 0 Å². The number of nitrogens with zero attached hydrogens (tertiary/aromatic N) is 1. The van der Waals surface area contributed by atoms with Crippen molar-refractivity contribution in [2.24, 2.45) is 10.8 Å². The van der Waals surface area contributed by atoms with Crippen LogP contribution in [0.5, 0.6) is 0 Å². The summed E-state index contributed by atoms with van der Waals surface area (Å²) < 4.78 is 0. The first-order chi connectivity index (χ1) is 13.0. The Kier molecular flexibility index (Phi) is 6.67. The SMILES string of the molecule is Cc1ccc(C)c(CCCCCC2(C#N)CC2)c1CCCCCC1(C)CC1. The molecule has 3 rings (SSSR count). The van der Waals surface area contributed by atoms with Crippen LogP contribution in [0.15, 0.2) is 12.1 Å². The van der Waals surface area contributed by atoms with Crippen molar-refractivity contribution in [1.82, 2.24) is 0 Å². The summed E-state index contributed by atoms with van der Waals surface area (Å²) in [7, 11) is 0. The van der Waals surface area contributed by atoms with Crippen molar-refractivity contribution in [2.45, 2.75) is 111 Å². The Morgan fingerprint density at radius 1 is 0.778 bits per heavy atom. The molecule has 0 heterocycles. The van der Waals surface area contributed by atoms with Gasteiger partial charge >= 0.3 is 0 Å². The van der Waals surface area contributed by atoms with Crippen molar-refractivity contribution in [3.8, 4) is 6.07 Å². The topological polar surface area (TPSA) is 23.8 Å². The van der Waals surface area contributed by atoms with Gasteiger partial charge in [-0.3, -0.25) is 0 Å². The lowest BCUT2D eigenvalue weighted by atomic mass is 9.89. The zero-order chi connectivity index (χ0) is 19.3. The van der Waals surface area contributed by atoms with E-state index in [1.807, 2.05) is 0 Å². The summed E-state index contributed by atoms with van der Waals surface area (Å²) in [4.78, 5) is 0. The highest BCUT2D eigenvalue weighted by molar-refractivity contribution is 5.40. The van der Waals surface area contributed by atoms with E-state index >= 15 is 0 Å². The van der Waals surface area contributed by atoms with Gasteiger partial charge in [0, 0.05) is 0 Å². The number of hydrogen-bond acceptors (Lipinski definition) is 1. The second kappa shape index (κ2) is 8.81. The molecule has 0 aliphatic heterocycles. The molecule has 0 saturated heterocycles. The maximum Gasteiger partial charge on any atom is 0.0689 e. The third-order valence-corrected chi connectivity index (χ3v) is 7.38. The molecule has 1 heteroatoms. The summed E-state index contributed by atoms with van der Waals surface area (Å²) in [5.74, 6) is 0. The highest BCUT2D eigenvalue weighted by Gasteiger charge is 2.42. The van der Waals surface area contributed by atoms with Gasteiger partial charge in [-0.05, 0) is 106 Å². The van der Waals surface area contributed by atoms with Gasteiger partial charge in [0.2, 0.25) is 0 Å². The molecule has 0 atom stereocenters. The molecular weight excluding hydrogens is 326 g/mol. The van der Waals surface area contributed by atoms with Gasteiger partial charge in [0.25, 0.3) is 0 Å². The molecule has 0 radical (unpaired) electrons. The first-order valence-electron chi connectivity index (χ1n) is 11.5. The zero-order valence-electron chi connectivity index (χ0n) is 18.0. The van der Waals surface area contributed by atoms with E-state index in [1.54, 1.807) is 11.1 Å². The summed E-state index contributed by atoms with van der Waals surface area (Å²) in [6.07, 6.45) is 18.2. The summed E-state index contributed by atoms with van der Waals surface area (Å²) in [5, 5.41) is 9.21. The maximum absolute atomic E-state index is 9.21. The molecule has 0 spiro atoms. The predicted molar refractivity (Wildman–Crippen MR) is 115 cm³/mol. The van der Waals surface area contributed by atoms with Gasteiger partial charge < -0.3 is 0 Å². The fourth-order valence-corrected chi connectivity index (χ4v) is 4.63. The van der Waals surface area contributed by atoms with E-state index in [0.717, 1.165) is 24.7 Å². The van der Waals surface area contributed by atoms with Gasteiger partial charge in [-0.2, -0.15) is 5.26 Å². The normalized spacial score (nSPS) is 18.9. The maximum atomic E-state index is 9.21. The van der Waals surface area contributed by atoms with Crippen LogP contribution in [0.25, 0.3) is 0 Å². The zero-order valence-corrected chi connectivity index (χ0v) is 18.0. The lowest BCUT2D eigenvalue weighted by Crippen LogP contribution is -2.02. The van der Waals surface area contributed by atoms with Crippen molar-refractivity contribution in [3.63, 3.8) is 0 Å². The van der Waals surface area contributed by atoms with Crippen molar-refractivity contribution < 1.29 is 0 Å². The molecule has 2 saturated carbocycles. The third kappa shape index (κ3) is 5.84. The highest BCUT2D eigenvalue weighted by Crippen LogP contribution is 2.49. The molecule has 2 aliphatic carbocycles. The molecule has 148 valence electrons. The first kappa shape index (κ1) is 20.4. The van der Waals surface area contributed by atoms with E-state index in [9.17, 15) is 5.26 Å². The molecule has 0 amide bonds. The Labute approximate surface area is 167 Å². The number of unbranched alkanes of at least 4 members (excludes halogenated alkanes) is 4. The number of hydrogen-bond donors (Lipinski definition) is 0. The molecular formula is C26H39N. The van der Waals surface area contributed by atoms with Gasteiger partial charge in [-0.25, -0.2) is 0 Å². The van der Waals surface area contributed by atoms with E-state index in [1.165, 1.54) is 81.8 Å². The molecule has 2 fully saturated rings. The Morgan fingerprint density at radius 2 is 1.30 bits per heavy atom. The van der Waals surface area contributed by atoms with Crippen molar-refractivity contribution in [1.29, 1.82) is 5.26 Å². The van der Waals surface area contributed by atoms with Crippen molar-refractivity contribution in [2.75, 3.05) is 0 Å². The minimum absolute atomic E-state index is 0.0853. The number of aryl methyl sites for hydroxylation is 2. The average molecular weight is 366 g/mol. The van der Waals surface area contributed by atoms with Crippen LogP contribution in [0.3, 0.4) is 0 Å². The van der Waals surface area contributed by atoms with Crippen molar-refractivity contribution >= 4 is 0 Å². The van der Waals surface area contributed by atoms with Crippen molar-refractivity contribution in [3.05, 3.63) is 34.4 Å². The number of rotatable bonds is 12. The van der Waals surface area contributed by atoms with Crippen LogP contribution in [0.4, 0.5) is 0 Å². The molecule has 1 aromatic rings. The van der Waals surface area contributed by atoms with Crippen LogP contribution in [-0.4, -0.2) is 0 Å². The molecule has 1 aromatic carbocycles.